The topological polar surface area (TPSA) is 67.4 Å². The van der Waals surface area contributed by atoms with Gasteiger partial charge in [-0.05, 0) is 73.5 Å². The van der Waals surface area contributed by atoms with Crippen LogP contribution in [0.25, 0.3) is 0 Å². The van der Waals surface area contributed by atoms with Crippen LogP contribution in [-0.4, -0.2) is 15.5 Å². The third kappa shape index (κ3) is 4.41. The Hall–Kier alpha value is -2.99. The second-order valence-electron chi connectivity index (χ2n) is 6.25. The summed E-state index contributed by atoms with van der Waals surface area (Å²) < 4.78 is 33.1. The Labute approximate surface area is 160 Å². The van der Waals surface area contributed by atoms with E-state index in [9.17, 15) is 8.42 Å². The van der Waals surface area contributed by atoms with E-state index in [1.165, 1.54) is 0 Å². The number of hydrogen-bond donors (Lipinski definition) is 2. The van der Waals surface area contributed by atoms with Crippen LogP contribution < -0.4 is 14.8 Å². The van der Waals surface area contributed by atoms with Crippen LogP contribution in [0.4, 0.5) is 17.1 Å². The summed E-state index contributed by atoms with van der Waals surface area (Å²) in [6, 6.07) is 20.0. The fourth-order valence-corrected chi connectivity index (χ4v) is 4.04. The molecule has 0 amide bonds. The van der Waals surface area contributed by atoms with Crippen LogP contribution in [-0.2, 0) is 10.0 Å². The van der Waals surface area contributed by atoms with E-state index in [-0.39, 0.29) is 4.90 Å². The largest absolute Gasteiger partial charge is 0.497 e. The van der Waals surface area contributed by atoms with Crippen molar-refractivity contribution in [3.63, 3.8) is 0 Å². The highest BCUT2D eigenvalue weighted by Gasteiger charge is 2.17. The molecule has 0 aliphatic heterocycles. The number of para-hydroxylation sites is 1. The van der Waals surface area contributed by atoms with Crippen LogP contribution in [0.2, 0.25) is 0 Å². The molecule has 0 heterocycles. The number of sulfonamides is 1. The molecule has 3 aromatic rings. The lowest BCUT2D eigenvalue weighted by molar-refractivity contribution is 0.414. The lowest BCUT2D eigenvalue weighted by Gasteiger charge is -2.13. The monoisotopic (exact) mass is 382 g/mol. The maximum absolute atomic E-state index is 12.7. The summed E-state index contributed by atoms with van der Waals surface area (Å²) >= 11 is 0. The second kappa shape index (κ2) is 7.72. The van der Waals surface area contributed by atoms with Gasteiger partial charge in [0.2, 0.25) is 0 Å². The summed E-state index contributed by atoms with van der Waals surface area (Å²) in [6.45, 7) is 3.77. The average molecular weight is 382 g/mol. The first-order valence-electron chi connectivity index (χ1n) is 8.49. The van der Waals surface area contributed by atoms with Crippen molar-refractivity contribution in [3.8, 4) is 5.75 Å². The Kier molecular flexibility index (Phi) is 5.37. The number of anilines is 3. The molecule has 3 rings (SSSR count). The molecule has 6 heteroatoms. The summed E-state index contributed by atoms with van der Waals surface area (Å²) in [5, 5.41) is 3.32. The highest BCUT2D eigenvalue weighted by molar-refractivity contribution is 7.92. The number of rotatable bonds is 6. The molecule has 0 aliphatic rings. The molecular weight excluding hydrogens is 360 g/mol. The van der Waals surface area contributed by atoms with E-state index in [1.807, 2.05) is 43.3 Å². The van der Waals surface area contributed by atoms with Gasteiger partial charge in [-0.3, -0.25) is 4.72 Å². The zero-order valence-electron chi connectivity index (χ0n) is 15.5. The molecule has 27 heavy (non-hydrogen) atoms. The van der Waals surface area contributed by atoms with Crippen molar-refractivity contribution in [1.29, 1.82) is 0 Å². The zero-order chi connectivity index (χ0) is 19.4. The standard InChI is InChI=1S/C21H22N2O3S/c1-15-6-4-5-7-20(15)22-17-8-10-18(11-9-17)23-27(24,25)21-13-12-19(26-3)14-16(21)2/h4-14,22-23H,1-3H3. The first kappa shape index (κ1) is 18.8. The highest BCUT2D eigenvalue weighted by Crippen LogP contribution is 2.25. The minimum atomic E-state index is -3.67. The van der Waals surface area contributed by atoms with E-state index >= 15 is 0 Å². The number of benzene rings is 3. The maximum Gasteiger partial charge on any atom is 0.262 e. The van der Waals surface area contributed by atoms with Crippen molar-refractivity contribution in [1.82, 2.24) is 0 Å². The van der Waals surface area contributed by atoms with Gasteiger partial charge < -0.3 is 10.1 Å². The van der Waals surface area contributed by atoms with Crippen LogP contribution in [0, 0.1) is 13.8 Å². The summed E-state index contributed by atoms with van der Waals surface area (Å²) in [6.07, 6.45) is 0. The minimum Gasteiger partial charge on any atom is -0.497 e. The molecule has 3 aromatic carbocycles. The highest BCUT2D eigenvalue weighted by atomic mass is 32.2. The number of nitrogens with one attached hydrogen (secondary N) is 2. The summed E-state index contributed by atoms with van der Waals surface area (Å²) in [7, 11) is -2.12. The van der Waals surface area contributed by atoms with Gasteiger partial charge in [0.05, 0.1) is 12.0 Å². The molecule has 2 N–H and O–H groups in total. The molecule has 0 bridgehead atoms. The van der Waals surface area contributed by atoms with E-state index < -0.39 is 10.0 Å². The van der Waals surface area contributed by atoms with Crippen molar-refractivity contribution in [2.24, 2.45) is 0 Å². The molecule has 0 atom stereocenters. The zero-order valence-corrected chi connectivity index (χ0v) is 16.3. The minimum absolute atomic E-state index is 0.227. The third-order valence-corrected chi connectivity index (χ3v) is 5.77. The Morgan fingerprint density at radius 2 is 1.48 bits per heavy atom. The van der Waals surface area contributed by atoms with E-state index in [4.69, 9.17) is 4.74 Å². The van der Waals surface area contributed by atoms with Crippen molar-refractivity contribution in [3.05, 3.63) is 77.9 Å². The molecule has 0 saturated carbocycles. The normalized spacial score (nSPS) is 11.1. The molecule has 0 aliphatic carbocycles. The number of ether oxygens (including phenoxy) is 1. The van der Waals surface area contributed by atoms with E-state index in [2.05, 4.69) is 10.0 Å². The van der Waals surface area contributed by atoms with Crippen LogP contribution in [0.3, 0.4) is 0 Å². The van der Waals surface area contributed by atoms with E-state index in [1.54, 1.807) is 44.4 Å². The van der Waals surface area contributed by atoms with Gasteiger partial charge >= 0.3 is 0 Å². The van der Waals surface area contributed by atoms with Crippen molar-refractivity contribution < 1.29 is 13.2 Å². The van der Waals surface area contributed by atoms with E-state index in [0.717, 1.165) is 16.9 Å². The molecule has 0 fully saturated rings. The molecular formula is C21H22N2O3S. The van der Waals surface area contributed by atoms with Crippen LogP contribution in [0.1, 0.15) is 11.1 Å². The van der Waals surface area contributed by atoms with E-state index in [0.29, 0.717) is 17.0 Å². The lowest BCUT2D eigenvalue weighted by Crippen LogP contribution is -2.14. The molecule has 0 saturated heterocycles. The first-order chi connectivity index (χ1) is 12.9. The average Bonchev–Trinajstić information content (AvgIpc) is 2.64. The van der Waals surface area contributed by atoms with Crippen LogP contribution in [0.5, 0.6) is 5.75 Å². The molecule has 0 spiro atoms. The molecule has 0 aromatic heterocycles. The van der Waals surface area contributed by atoms with Gasteiger partial charge in [-0.2, -0.15) is 0 Å². The van der Waals surface area contributed by atoms with Crippen molar-refractivity contribution in [2.45, 2.75) is 18.7 Å². The van der Waals surface area contributed by atoms with Gasteiger partial charge in [-0.1, -0.05) is 18.2 Å². The quantitative estimate of drug-likeness (QED) is 0.639. The molecule has 140 valence electrons. The van der Waals surface area contributed by atoms with Gasteiger partial charge in [0, 0.05) is 17.1 Å². The lowest BCUT2D eigenvalue weighted by atomic mass is 10.2. The summed E-state index contributed by atoms with van der Waals surface area (Å²) in [5.74, 6) is 0.623. The second-order valence-corrected chi connectivity index (χ2v) is 7.91. The predicted molar refractivity (Wildman–Crippen MR) is 109 cm³/mol. The SMILES string of the molecule is COc1ccc(S(=O)(=O)Nc2ccc(Nc3ccccc3C)cc2)c(C)c1. The van der Waals surface area contributed by atoms with Crippen LogP contribution >= 0.6 is 0 Å². The summed E-state index contributed by atoms with van der Waals surface area (Å²) in [4.78, 5) is 0.227. The maximum atomic E-state index is 12.7. The predicted octanol–water partition coefficient (Wildman–Crippen LogP) is 4.86. The molecule has 0 radical (unpaired) electrons. The van der Waals surface area contributed by atoms with Gasteiger partial charge in [0.1, 0.15) is 5.75 Å². The summed E-state index contributed by atoms with van der Waals surface area (Å²) in [5.41, 5.74) is 4.16. The molecule has 5 nitrogen and oxygen atoms in total. The first-order valence-corrected chi connectivity index (χ1v) is 9.97. The Bertz CT molecular complexity index is 1050. The number of aryl methyl sites for hydroxylation is 2. The van der Waals surface area contributed by atoms with Crippen molar-refractivity contribution >= 4 is 27.1 Å². The fourth-order valence-electron chi connectivity index (χ4n) is 2.75. The smallest absolute Gasteiger partial charge is 0.262 e. The van der Waals surface area contributed by atoms with Gasteiger partial charge in [-0.25, -0.2) is 8.42 Å². The Balaban J connectivity index is 1.77. The van der Waals surface area contributed by atoms with Gasteiger partial charge in [-0.15, -0.1) is 0 Å². The third-order valence-electron chi connectivity index (χ3n) is 4.23. The van der Waals surface area contributed by atoms with Crippen LogP contribution in [0.15, 0.2) is 71.6 Å². The van der Waals surface area contributed by atoms with Crippen molar-refractivity contribution in [2.75, 3.05) is 17.1 Å². The molecule has 0 unspecified atom stereocenters. The fraction of sp³-hybridized carbons (Fsp3) is 0.143. The van der Waals surface area contributed by atoms with Gasteiger partial charge in [0.25, 0.3) is 10.0 Å². The Morgan fingerprint density at radius 1 is 0.815 bits per heavy atom. The number of methoxy groups -OCH3 is 1. The van der Waals surface area contributed by atoms with Gasteiger partial charge in [0.15, 0.2) is 0 Å². The number of hydrogen-bond acceptors (Lipinski definition) is 4. The Morgan fingerprint density at radius 3 is 2.11 bits per heavy atom.